The predicted molar refractivity (Wildman–Crippen MR) is 73.6 cm³/mol. The molecule has 0 amide bonds. The van der Waals surface area contributed by atoms with Gasteiger partial charge < -0.3 is 20.7 Å². The van der Waals surface area contributed by atoms with Crippen LogP contribution in [0, 0.1) is 6.92 Å². The van der Waals surface area contributed by atoms with Crippen LogP contribution >= 0.6 is 0 Å². The van der Waals surface area contributed by atoms with Gasteiger partial charge in [-0.25, -0.2) is 0 Å². The van der Waals surface area contributed by atoms with Gasteiger partial charge in [0, 0.05) is 45.2 Å². The Morgan fingerprint density at radius 3 is 2.76 bits per heavy atom. The third-order valence-electron chi connectivity index (χ3n) is 2.80. The summed E-state index contributed by atoms with van der Waals surface area (Å²) in [5, 5.41) is 3.32. The molecule has 1 aromatic rings. The highest BCUT2D eigenvalue weighted by Crippen LogP contribution is 2.19. The van der Waals surface area contributed by atoms with E-state index in [2.05, 4.69) is 29.4 Å². The van der Waals surface area contributed by atoms with E-state index in [1.807, 2.05) is 13.0 Å². The van der Waals surface area contributed by atoms with E-state index in [-0.39, 0.29) is 0 Å². The minimum Gasteiger partial charge on any atom is -0.399 e. The highest BCUT2D eigenvalue weighted by atomic mass is 16.5. The Morgan fingerprint density at radius 1 is 1.35 bits per heavy atom. The van der Waals surface area contributed by atoms with Crippen LogP contribution in [-0.4, -0.2) is 40.4 Å². The summed E-state index contributed by atoms with van der Waals surface area (Å²) < 4.78 is 4.97. The standard InChI is InChI=1S/C13H23N3O/c1-11-10-12(4-5-13(11)14)16(2)8-6-15-7-9-17-3/h4-5,10,15H,6-9,14H2,1-3H3. The number of hydrogen-bond donors (Lipinski definition) is 2. The largest absolute Gasteiger partial charge is 0.399 e. The zero-order chi connectivity index (χ0) is 12.7. The fourth-order valence-corrected chi connectivity index (χ4v) is 1.57. The van der Waals surface area contributed by atoms with Gasteiger partial charge in [-0.3, -0.25) is 0 Å². The van der Waals surface area contributed by atoms with Crippen LogP contribution in [0.3, 0.4) is 0 Å². The summed E-state index contributed by atoms with van der Waals surface area (Å²) >= 11 is 0. The molecule has 0 radical (unpaired) electrons. The number of rotatable bonds is 7. The van der Waals surface area contributed by atoms with Gasteiger partial charge in [0.05, 0.1) is 6.61 Å². The minimum absolute atomic E-state index is 0.755. The molecular weight excluding hydrogens is 214 g/mol. The summed E-state index contributed by atoms with van der Waals surface area (Å²) in [6, 6.07) is 6.13. The number of ether oxygens (including phenoxy) is 1. The first-order valence-corrected chi connectivity index (χ1v) is 5.92. The molecule has 1 rings (SSSR count). The summed E-state index contributed by atoms with van der Waals surface area (Å²) in [4.78, 5) is 2.21. The molecular formula is C13H23N3O. The van der Waals surface area contributed by atoms with E-state index >= 15 is 0 Å². The lowest BCUT2D eigenvalue weighted by Gasteiger charge is -2.20. The summed E-state index contributed by atoms with van der Waals surface area (Å²) in [5.74, 6) is 0. The molecule has 0 saturated carbocycles. The number of benzene rings is 1. The number of nitrogens with one attached hydrogen (secondary N) is 1. The van der Waals surface area contributed by atoms with Crippen LogP contribution in [0.5, 0.6) is 0 Å². The van der Waals surface area contributed by atoms with Crippen molar-refractivity contribution >= 4 is 11.4 Å². The lowest BCUT2D eigenvalue weighted by Crippen LogP contribution is -2.30. The second-order valence-corrected chi connectivity index (χ2v) is 4.21. The number of likely N-dealkylation sites (N-methyl/N-ethyl adjacent to an activating group) is 1. The van der Waals surface area contributed by atoms with E-state index in [9.17, 15) is 0 Å². The van der Waals surface area contributed by atoms with Crippen molar-refractivity contribution in [1.82, 2.24) is 5.32 Å². The summed E-state index contributed by atoms with van der Waals surface area (Å²) in [7, 11) is 3.80. The molecule has 17 heavy (non-hydrogen) atoms. The SMILES string of the molecule is COCCNCCN(C)c1ccc(N)c(C)c1. The van der Waals surface area contributed by atoms with Gasteiger partial charge in [0.15, 0.2) is 0 Å². The van der Waals surface area contributed by atoms with Gasteiger partial charge in [-0.05, 0) is 30.7 Å². The molecule has 0 atom stereocenters. The molecule has 1 aromatic carbocycles. The van der Waals surface area contributed by atoms with Gasteiger partial charge in [-0.1, -0.05) is 0 Å². The molecule has 0 aliphatic heterocycles. The molecule has 0 bridgehead atoms. The monoisotopic (exact) mass is 237 g/mol. The van der Waals surface area contributed by atoms with Gasteiger partial charge in [0.2, 0.25) is 0 Å². The predicted octanol–water partition coefficient (Wildman–Crippen LogP) is 1.25. The van der Waals surface area contributed by atoms with E-state index in [0.29, 0.717) is 0 Å². The molecule has 0 heterocycles. The number of nitrogen functional groups attached to an aromatic ring is 1. The first-order valence-electron chi connectivity index (χ1n) is 5.92. The fraction of sp³-hybridized carbons (Fsp3) is 0.538. The van der Waals surface area contributed by atoms with Crippen LogP contribution in [0.4, 0.5) is 11.4 Å². The van der Waals surface area contributed by atoms with Crippen LogP contribution in [0.15, 0.2) is 18.2 Å². The summed E-state index contributed by atoms with van der Waals surface area (Å²) in [5.41, 5.74) is 8.97. The van der Waals surface area contributed by atoms with Crippen molar-refractivity contribution in [3.05, 3.63) is 23.8 Å². The average molecular weight is 237 g/mol. The van der Waals surface area contributed by atoms with Crippen LogP contribution in [0.25, 0.3) is 0 Å². The smallest absolute Gasteiger partial charge is 0.0587 e. The number of nitrogens with two attached hydrogens (primary N) is 1. The Hall–Kier alpha value is -1.26. The van der Waals surface area contributed by atoms with E-state index < -0.39 is 0 Å². The maximum Gasteiger partial charge on any atom is 0.0587 e. The topological polar surface area (TPSA) is 50.5 Å². The zero-order valence-corrected chi connectivity index (χ0v) is 11.0. The van der Waals surface area contributed by atoms with Crippen molar-refractivity contribution in [3.63, 3.8) is 0 Å². The van der Waals surface area contributed by atoms with Gasteiger partial charge >= 0.3 is 0 Å². The molecule has 0 aliphatic rings. The molecule has 0 unspecified atom stereocenters. The molecule has 96 valence electrons. The molecule has 0 fully saturated rings. The van der Waals surface area contributed by atoms with E-state index in [1.54, 1.807) is 7.11 Å². The Labute approximate surface area is 104 Å². The number of hydrogen-bond acceptors (Lipinski definition) is 4. The van der Waals surface area contributed by atoms with Gasteiger partial charge in [0.25, 0.3) is 0 Å². The van der Waals surface area contributed by atoms with E-state index in [0.717, 1.165) is 37.5 Å². The van der Waals surface area contributed by atoms with Crippen LogP contribution in [0.2, 0.25) is 0 Å². The van der Waals surface area contributed by atoms with Gasteiger partial charge in [0.1, 0.15) is 0 Å². The number of aryl methyl sites for hydroxylation is 1. The Bertz CT molecular complexity index is 341. The maximum atomic E-state index is 5.80. The first-order chi connectivity index (χ1) is 8.15. The van der Waals surface area contributed by atoms with E-state index in [4.69, 9.17) is 10.5 Å². The number of nitrogens with zero attached hydrogens (tertiary/aromatic N) is 1. The first kappa shape index (κ1) is 13.8. The van der Waals surface area contributed by atoms with Gasteiger partial charge in [-0.15, -0.1) is 0 Å². The molecule has 0 aromatic heterocycles. The summed E-state index contributed by atoms with van der Waals surface area (Å²) in [6.07, 6.45) is 0. The molecule has 0 spiro atoms. The lowest BCUT2D eigenvalue weighted by atomic mass is 10.2. The van der Waals surface area contributed by atoms with Crippen LogP contribution in [0.1, 0.15) is 5.56 Å². The normalized spacial score (nSPS) is 10.5. The quantitative estimate of drug-likeness (QED) is 0.553. The van der Waals surface area contributed by atoms with Crippen molar-refractivity contribution in [2.24, 2.45) is 0 Å². The van der Waals surface area contributed by atoms with E-state index in [1.165, 1.54) is 5.69 Å². The van der Waals surface area contributed by atoms with Gasteiger partial charge in [-0.2, -0.15) is 0 Å². The molecule has 4 nitrogen and oxygen atoms in total. The molecule has 0 aliphatic carbocycles. The maximum absolute atomic E-state index is 5.80. The van der Waals surface area contributed by atoms with Crippen molar-refractivity contribution in [1.29, 1.82) is 0 Å². The van der Waals surface area contributed by atoms with Crippen molar-refractivity contribution in [2.75, 3.05) is 51.0 Å². The lowest BCUT2D eigenvalue weighted by molar-refractivity contribution is 0.200. The van der Waals surface area contributed by atoms with Crippen LogP contribution < -0.4 is 16.0 Å². The molecule has 0 saturated heterocycles. The van der Waals surface area contributed by atoms with Crippen molar-refractivity contribution in [2.45, 2.75) is 6.92 Å². The number of methoxy groups -OCH3 is 1. The third kappa shape index (κ3) is 4.63. The third-order valence-corrected chi connectivity index (χ3v) is 2.80. The molecule has 4 heteroatoms. The van der Waals surface area contributed by atoms with Crippen molar-refractivity contribution < 1.29 is 4.74 Å². The zero-order valence-electron chi connectivity index (χ0n) is 11.0. The fourth-order valence-electron chi connectivity index (χ4n) is 1.57. The minimum atomic E-state index is 0.755. The summed E-state index contributed by atoms with van der Waals surface area (Å²) in [6.45, 7) is 5.59. The highest BCUT2D eigenvalue weighted by molar-refractivity contribution is 5.57. The second-order valence-electron chi connectivity index (χ2n) is 4.21. The van der Waals surface area contributed by atoms with Crippen molar-refractivity contribution in [3.8, 4) is 0 Å². The Morgan fingerprint density at radius 2 is 2.12 bits per heavy atom. The number of anilines is 2. The average Bonchev–Trinajstić information content (AvgIpc) is 2.32. The van der Waals surface area contributed by atoms with Crippen LogP contribution in [-0.2, 0) is 4.74 Å². The highest BCUT2D eigenvalue weighted by Gasteiger charge is 2.02. The molecule has 3 N–H and O–H groups in total. The second kappa shape index (κ2) is 7.14. The Kier molecular flexibility index (Phi) is 5.80. The Balaban J connectivity index is 2.36.